The highest BCUT2D eigenvalue weighted by atomic mass is 16.5. The SMILES string of the molecule is CCCc1cc(C2CCN(C)[C@H]2N2CCCC2)on1. The summed E-state index contributed by atoms with van der Waals surface area (Å²) in [7, 11) is 2.24. The second-order valence-corrected chi connectivity index (χ2v) is 6.00. The highest BCUT2D eigenvalue weighted by Crippen LogP contribution is 2.36. The Hall–Kier alpha value is -0.870. The first-order valence-electron chi connectivity index (χ1n) is 7.69. The van der Waals surface area contributed by atoms with E-state index in [1.165, 1.54) is 32.4 Å². The van der Waals surface area contributed by atoms with Gasteiger partial charge in [0.1, 0.15) is 5.76 Å². The fraction of sp³-hybridized carbons (Fsp3) is 0.800. The van der Waals surface area contributed by atoms with E-state index >= 15 is 0 Å². The van der Waals surface area contributed by atoms with Gasteiger partial charge in [0.05, 0.1) is 17.8 Å². The van der Waals surface area contributed by atoms with Crippen LogP contribution < -0.4 is 0 Å². The van der Waals surface area contributed by atoms with Gasteiger partial charge in [-0.25, -0.2) is 0 Å². The molecule has 3 heterocycles. The predicted octanol–water partition coefficient (Wildman–Crippen LogP) is 2.47. The first kappa shape index (κ1) is 13.1. The zero-order valence-electron chi connectivity index (χ0n) is 12.1. The number of rotatable bonds is 4. The molecule has 1 aromatic rings. The van der Waals surface area contributed by atoms with Gasteiger partial charge >= 0.3 is 0 Å². The Labute approximate surface area is 115 Å². The van der Waals surface area contributed by atoms with Crippen LogP contribution in [0, 0.1) is 0 Å². The van der Waals surface area contributed by atoms with Gasteiger partial charge in [-0.15, -0.1) is 0 Å². The van der Waals surface area contributed by atoms with E-state index in [0.29, 0.717) is 12.1 Å². The lowest BCUT2D eigenvalue weighted by Crippen LogP contribution is -2.43. The number of aromatic nitrogens is 1. The Morgan fingerprint density at radius 1 is 1.32 bits per heavy atom. The number of nitrogens with zero attached hydrogens (tertiary/aromatic N) is 3. The van der Waals surface area contributed by atoms with E-state index < -0.39 is 0 Å². The van der Waals surface area contributed by atoms with Crippen molar-refractivity contribution in [1.29, 1.82) is 0 Å². The molecule has 106 valence electrons. The summed E-state index contributed by atoms with van der Waals surface area (Å²) in [4.78, 5) is 5.11. The van der Waals surface area contributed by atoms with Gasteiger partial charge < -0.3 is 4.52 Å². The van der Waals surface area contributed by atoms with Crippen molar-refractivity contribution in [3.63, 3.8) is 0 Å². The second-order valence-electron chi connectivity index (χ2n) is 6.00. The Morgan fingerprint density at radius 3 is 2.84 bits per heavy atom. The van der Waals surface area contributed by atoms with Gasteiger partial charge in [-0.3, -0.25) is 9.80 Å². The third-order valence-corrected chi connectivity index (χ3v) is 4.57. The molecule has 0 bridgehead atoms. The number of hydrogen-bond acceptors (Lipinski definition) is 4. The van der Waals surface area contributed by atoms with E-state index in [1.54, 1.807) is 0 Å². The Kier molecular flexibility index (Phi) is 3.89. The average molecular weight is 263 g/mol. The minimum atomic E-state index is 0.501. The summed E-state index contributed by atoms with van der Waals surface area (Å²) in [5, 5.41) is 4.22. The molecule has 19 heavy (non-hydrogen) atoms. The van der Waals surface area contributed by atoms with E-state index in [0.717, 1.165) is 30.8 Å². The largest absolute Gasteiger partial charge is 0.361 e. The van der Waals surface area contributed by atoms with E-state index in [2.05, 4.69) is 35.0 Å². The molecule has 0 amide bonds. The van der Waals surface area contributed by atoms with E-state index in [9.17, 15) is 0 Å². The van der Waals surface area contributed by atoms with Crippen LogP contribution in [-0.2, 0) is 6.42 Å². The summed E-state index contributed by atoms with van der Waals surface area (Å²) in [6.07, 6.45) is 6.55. The highest BCUT2D eigenvalue weighted by molar-refractivity contribution is 5.14. The minimum Gasteiger partial charge on any atom is -0.361 e. The maximum absolute atomic E-state index is 5.64. The van der Waals surface area contributed by atoms with Gasteiger partial charge in [0, 0.05) is 12.6 Å². The van der Waals surface area contributed by atoms with Crippen molar-refractivity contribution in [1.82, 2.24) is 15.0 Å². The van der Waals surface area contributed by atoms with Crippen LogP contribution >= 0.6 is 0 Å². The summed E-state index contributed by atoms with van der Waals surface area (Å²) in [6, 6.07) is 2.19. The molecule has 2 saturated heterocycles. The molecular weight excluding hydrogens is 238 g/mol. The van der Waals surface area contributed by atoms with Gasteiger partial charge in [-0.2, -0.15) is 0 Å². The van der Waals surface area contributed by atoms with E-state index in [1.807, 2.05) is 0 Å². The van der Waals surface area contributed by atoms with Gasteiger partial charge in [0.2, 0.25) is 0 Å². The van der Waals surface area contributed by atoms with Crippen LogP contribution in [0.5, 0.6) is 0 Å². The maximum Gasteiger partial charge on any atom is 0.143 e. The zero-order valence-corrected chi connectivity index (χ0v) is 12.1. The Balaban J connectivity index is 1.77. The van der Waals surface area contributed by atoms with Crippen molar-refractivity contribution in [2.45, 2.75) is 51.1 Å². The van der Waals surface area contributed by atoms with Crippen molar-refractivity contribution < 1.29 is 4.52 Å². The molecule has 4 heteroatoms. The molecule has 2 aliphatic rings. The Bertz CT molecular complexity index is 411. The molecule has 0 saturated carbocycles. The lowest BCUT2D eigenvalue weighted by atomic mass is 10.0. The molecule has 3 rings (SSSR count). The summed E-state index contributed by atoms with van der Waals surface area (Å²) in [5.74, 6) is 1.60. The first-order chi connectivity index (χ1) is 9.29. The van der Waals surface area contributed by atoms with Gasteiger partial charge in [0.15, 0.2) is 0 Å². The van der Waals surface area contributed by atoms with Gasteiger partial charge in [-0.1, -0.05) is 18.5 Å². The van der Waals surface area contributed by atoms with Crippen LogP contribution in [0.4, 0.5) is 0 Å². The smallest absolute Gasteiger partial charge is 0.143 e. The topological polar surface area (TPSA) is 32.5 Å². The lowest BCUT2D eigenvalue weighted by Gasteiger charge is -2.32. The summed E-state index contributed by atoms with van der Waals surface area (Å²) < 4.78 is 5.64. The van der Waals surface area contributed by atoms with Crippen LogP contribution in [0.15, 0.2) is 10.6 Å². The van der Waals surface area contributed by atoms with Crippen molar-refractivity contribution in [3.05, 3.63) is 17.5 Å². The fourth-order valence-corrected chi connectivity index (χ4v) is 3.64. The van der Waals surface area contributed by atoms with Crippen molar-refractivity contribution in [2.24, 2.45) is 0 Å². The second kappa shape index (κ2) is 5.63. The molecule has 2 atom stereocenters. The van der Waals surface area contributed by atoms with Crippen LogP contribution in [0.2, 0.25) is 0 Å². The molecule has 1 aromatic heterocycles. The monoisotopic (exact) mass is 263 g/mol. The standard InChI is InChI=1S/C15H25N3O/c1-3-6-12-11-14(19-16-12)13-7-10-17(2)15(13)18-8-4-5-9-18/h11,13,15H,3-10H2,1-2H3/t13?,15-/m0/s1. The molecule has 0 radical (unpaired) electrons. The molecule has 0 aromatic carbocycles. The van der Waals surface area contributed by atoms with Crippen LogP contribution in [0.25, 0.3) is 0 Å². The number of hydrogen-bond donors (Lipinski definition) is 0. The quantitative estimate of drug-likeness (QED) is 0.835. The Morgan fingerprint density at radius 2 is 2.11 bits per heavy atom. The molecule has 0 N–H and O–H groups in total. The number of aryl methyl sites for hydroxylation is 1. The molecule has 1 unspecified atom stereocenters. The van der Waals surface area contributed by atoms with Gasteiger partial charge in [0.25, 0.3) is 0 Å². The number of likely N-dealkylation sites (tertiary alicyclic amines) is 2. The third-order valence-electron chi connectivity index (χ3n) is 4.57. The molecule has 0 aliphatic carbocycles. The van der Waals surface area contributed by atoms with Gasteiger partial charge in [-0.05, 0) is 45.8 Å². The van der Waals surface area contributed by atoms with E-state index in [-0.39, 0.29) is 0 Å². The fourth-order valence-electron chi connectivity index (χ4n) is 3.64. The summed E-state index contributed by atoms with van der Waals surface area (Å²) >= 11 is 0. The van der Waals surface area contributed by atoms with E-state index in [4.69, 9.17) is 4.52 Å². The number of likely N-dealkylation sites (N-methyl/N-ethyl adjacent to an activating group) is 1. The normalized spacial score (nSPS) is 29.4. The lowest BCUT2D eigenvalue weighted by molar-refractivity contribution is 0.0991. The molecule has 2 fully saturated rings. The van der Waals surface area contributed by atoms with Crippen LogP contribution in [0.1, 0.15) is 50.0 Å². The summed E-state index contributed by atoms with van der Waals surface area (Å²) in [6.45, 7) is 5.82. The van der Waals surface area contributed by atoms with Crippen molar-refractivity contribution >= 4 is 0 Å². The van der Waals surface area contributed by atoms with Crippen molar-refractivity contribution in [3.8, 4) is 0 Å². The van der Waals surface area contributed by atoms with Crippen LogP contribution in [-0.4, -0.2) is 47.8 Å². The highest BCUT2D eigenvalue weighted by Gasteiger charge is 2.39. The minimum absolute atomic E-state index is 0.501. The summed E-state index contributed by atoms with van der Waals surface area (Å²) in [5.41, 5.74) is 1.12. The first-order valence-corrected chi connectivity index (χ1v) is 7.69. The molecule has 2 aliphatic heterocycles. The maximum atomic E-state index is 5.64. The molecule has 0 spiro atoms. The molecular formula is C15H25N3O. The average Bonchev–Trinajstić information content (AvgIpc) is 3.08. The van der Waals surface area contributed by atoms with Crippen molar-refractivity contribution in [2.75, 3.05) is 26.7 Å². The third kappa shape index (κ3) is 2.56. The zero-order chi connectivity index (χ0) is 13.2. The van der Waals surface area contributed by atoms with Crippen LogP contribution in [0.3, 0.4) is 0 Å². The molecule has 4 nitrogen and oxygen atoms in total. The predicted molar refractivity (Wildman–Crippen MR) is 75.1 cm³/mol.